The molecule has 0 aliphatic rings. The van der Waals surface area contributed by atoms with Crippen molar-refractivity contribution >= 4 is 11.6 Å². The van der Waals surface area contributed by atoms with Gasteiger partial charge in [-0.3, -0.25) is 4.79 Å². The number of methoxy groups -OCH3 is 3. The lowest BCUT2D eigenvalue weighted by atomic mass is 10.1. The van der Waals surface area contributed by atoms with E-state index in [1.807, 2.05) is 30.3 Å². The lowest BCUT2D eigenvalue weighted by molar-refractivity contribution is 0.0930. The maximum atomic E-state index is 12.3. The van der Waals surface area contributed by atoms with Crippen molar-refractivity contribution in [2.24, 2.45) is 0 Å². The maximum Gasteiger partial charge on any atom is 0.271 e. The van der Waals surface area contributed by atoms with Gasteiger partial charge in [-0.15, -0.1) is 0 Å². The van der Waals surface area contributed by atoms with E-state index in [1.165, 1.54) is 10.7 Å². The van der Waals surface area contributed by atoms with E-state index >= 15 is 0 Å². The van der Waals surface area contributed by atoms with Crippen LogP contribution in [-0.4, -0.2) is 55.0 Å². The summed E-state index contributed by atoms with van der Waals surface area (Å²) in [6, 6.07) is 9.18. The van der Waals surface area contributed by atoms with E-state index in [-0.39, 0.29) is 5.91 Å². The first-order chi connectivity index (χ1) is 12.7. The van der Waals surface area contributed by atoms with Gasteiger partial charge in [0, 0.05) is 19.2 Å². The highest BCUT2D eigenvalue weighted by Crippen LogP contribution is 2.31. The third kappa shape index (κ3) is 3.45. The van der Waals surface area contributed by atoms with E-state index in [4.69, 9.17) is 14.2 Å². The van der Waals surface area contributed by atoms with Crippen LogP contribution in [0.25, 0.3) is 16.9 Å². The Kier molecular flexibility index (Phi) is 5.33. The number of hydrogen-bond acceptors (Lipinski definition) is 6. The molecule has 8 nitrogen and oxygen atoms in total. The van der Waals surface area contributed by atoms with Crippen molar-refractivity contribution < 1.29 is 19.0 Å². The van der Waals surface area contributed by atoms with E-state index in [0.717, 1.165) is 5.56 Å². The maximum absolute atomic E-state index is 12.3. The molecule has 0 saturated carbocycles. The Bertz CT molecular complexity index is 923. The molecule has 0 fully saturated rings. The monoisotopic (exact) mass is 356 g/mol. The largest absolute Gasteiger partial charge is 0.493 e. The minimum atomic E-state index is -0.258. The van der Waals surface area contributed by atoms with Crippen LogP contribution in [0.2, 0.25) is 0 Å². The van der Waals surface area contributed by atoms with Gasteiger partial charge in [-0.05, 0) is 30.3 Å². The van der Waals surface area contributed by atoms with Crippen molar-refractivity contribution in [1.29, 1.82) is 0 Å². The number of aromatic nitrogens is 3. The van der Waals surface area contributed by atoms with Crippen LogP contribution in [0, 0.1) is 0 Å². The van der Waals surface area contributed by atoms with Crippen molar-refractivity contribution in [1.82, 2.24) is 19.9 Å². The number of benzene rings is 1. The van der Waals surface area contributed by atoms with Crippen molar-refractivity contribution in [2.75, 3.05) is 34.5 Å². The Morgan fingerprint density at radius 1 is 1.12 bits per heavy atom. The summed E-state index contributed by atoms with van der Waals surface area (Å²) in [5, 5.41) is 7.32. The molecule has 0 bridgehead atoms. The summed E-state index contributed by atoms with van der Waals surface area (Å²) in [6.45, 7) is 0.852. The molecule has 0 atom stereocenters. The highest BCUT2D eigenvalue weighted by Gasteiger charge is 2.14. The van der Waals surface area contributed by atoms with Crippen molar-refractivity contribution in [2.45, 2.75) is 0 Å². The van der Waals surface area contributed by atoms with Crippen LogP contribution in [-0.2, 0) is 4.74 Å². The molecule has 3 aromatic rings. The highest BCUT2D eigenvalue weighted by molar-refractivity contribution is 5.93. The van der Waals surface area contributed by atoms with Gasteiger partial charge in [-0.2, -0.15) is 5.10 Å². The lowest BCUT2D eigenvalue weighted by Gasteiger charge is -2.10. The fourth-order valence-electron chi connectivity index (χ4n) is 2.53. The molecule has 2 heterocycles. The van der Waals surface area contributed by atoms with E-state index in [2.05, 4.69) is 15.4 Å². The van der Waals surface area contributed by atoms with Gasteiger partial charge < -0.3 is 19.5 Å². The highest BCUT2D eigenvalue weighted by atomic mass is 16.5. The second-order valence-electron chi connectivity index (χ2n) is 5.45. The number of amides is 1. The quantitative estimate of drug-likeness (QED) is 0.650. The van der Waals surface area contributed by atoms with Crippen LogP contribution in [0.4, 0.5) is 0 Å². The summed E-state index contributed by atoms with van der Waals surface area (Å²) in [4.78, 5) is 16.5. The van der Waals surface area contributed by atoms with Crippen molar-refractivity contribution in [3.05, 3.63) is 42.2 Å². The van der Waals surface area contributed by atoms with Gasteiger partial charge >= 0.3 is 0 Å². The number of hydrogen-bond donors (Lipinski definition) is 1. The fourth-order valence-corrected chi connectivity index (χ4v) is 2.53. The number of ether oxygens (including phenoxy) is 3. The topological polar surface area (TPSA) is 87.0 Å². The zero-order valence-electron chi connectivity index (χ0n) is 14.9. The first kappa shape index (κ1) is 17.7. The molecule has 0 spiro atoms. The van der Waals surface area contributed by atoms with Crippen LogP contribution < -0.4 is 14.8 Å². The standard InChI is InChI=1S/C18H20N4O4/c1-24-9-8-19-18(23)14-11-20-17-7-5-13(21-22(14)17)12-4-6-15(25-2)16(10-12)26-3/h4-7,10-11H,8-9H2,1-3H3,(H,19,23). The number of fused-ring (bicyclic) bond motifs is 1. The van der Waals surface area contributed by atoms with Gasteiger partial charge in [0.15, 0.2) is 17.1 Å². The second-order valence-corrected chi connectivity index (χ2v) is 5.45. The van der Waals surface area contributed by atoms with Crippen LogP contribution in [0.1, 0.15) is 10.5 Å². The third-order valence-electron chi connectivity index (χ3n) is 3.87. The number of nitrogens with zero attached hydrogens (tertiary/aromatic N) is 3. The zero-order valence-corrected chi connectivity index (χ0v) is 14.9. The number of rotatable bonds is 7. The summed E-state index contributed by atoms with van der Waals surface area (Å²) in [5.41, 5.74) is 2.47. The predicted molar refractivity (Wildman–Crippen MR) is 95.7 cm³/mol. The molecule has 3 rings (SSSR count). The zero-order chi connectivity index (χ0) is 18.5. The second kappa shape index (κ2) is 7.83. The number of carbonyl (C=O) groups is 1. The minimum Gasteiger partial charge on any atom is -0.493 e. The number of imidazole rings is 1. The molecule has 1 aromatic carbocycles. The Labute approximate surface area is 150 Å². The van der Waals surface area contributed by atoms with E-state index in [0.29, 0.717) is 41.7 Å². The molecule has 26 heavy (non-hydrogen) atoms. The van der Waals surface area contributed by atoms with Gasteiger partial charge in [0.05, 0.1) is 32.7 Å². The molecule has 0 radical (unpaired) electrons. The number of carbonyl (C=O) groups excluding carboxylic acids is 1. The first-order valence-electron chi connectivity index (χ1n) is 8.02. The molecule has 1 amide bonds. The van der Waals surface area contributed by atoms with Gasteiger partial charge in [0.2, 0.25) is 0 Å². The average molecular weight is 356 g/mol. The van der Waals surface area contributed by atoms with Crippen LogP contribution in [0.15, 0.2) is 36.5 Å². The fraction of sp³-hybridized carbons (Fsp3) is 0.278. The SMILES string of the molecule is COCCNC(=O)c1cnc2ccc(-c3ccc(OC)c(OC)c3)nn12. The molecule has 8 heteroatoms. The number of nitrogens with one attached hydrogen (secondary N) is 1. The molecule has 0 saturated heterocycles. The molecule has 136 valence electrons. The Morgan fingerprint density at radius 2 is 1.92 bits per heavy atom. The molecule has 1 N–H and O–H groups in total. The molecule has 0 unspecified atom stereocenters. The summed E-state index contributed by atoms with van der Waals surface area (Å²) < 4.78 is 17.1. The Hall–Kier alpha value is -3.13. The first-order valence-corrected chi connectivity index (χ1v) is 8.02. The van der Waals surface area contributed by atoms with Crippen molar-refractivity contribution in [3.63, 3.8) is 0 Å². The Balaban J connectivity index is 1.96. The van der Waals surface area contributed by atoms with E-state index < -0.39 is 0 Å². The normalized spacial score (nSPS) is 10.7. The molecule has 0 aliphatic carbocycles. The van der Waals surface area contributed by atoms with E-state index in [1.54, 1.807) is 21.3 Å². The summed E-state index contributed by atoms with van der Waals surface area (Å²) >= 11 is 0. The van der Waals surface area contributed by atoms with Gasteiger partial charge in [-0.25, -0.2) is 9.50 Å². The minimum absolute atomic E-state index is 0.258. The molecule has 2 aromatic heterocycles. The van der Waals surface area contributed by atoms with Gasteiger partial charge in [-0.1, -0.05) is 0 Å². The molecular formula is C18H20N4O4. The molecule has 0 aliphatic heterocycles. The van der Waals surface area contributed by atoms with Crippen LogP contribution in [0.5, 0.6) is 11.5 Å². The van der Waals surface area contributed by atoms with Gasteiger partial charge in [0.1, 0.15) is 5.69 Å². The van der Waals surface area contributed by atoms with Crippen LogP contribution in [0.3, 0.4) is 0 Å². The third-order valence-corrected chi connectivity index (χ3v) is 3.87. The van der Waals surface area contributed by atoms with Gasteiger partial charge in [0.25, 0.3) is 5.91 Å². The summed E-state index contributed by atoms with van der Waals surface area (Å²) in [5.74, 6) is 0.986. The summed E-state index contributed by atoms with van der Waals surface area (Å²) in [6.07, 6.45) is 1.50. The molecular weight excluding hydrogens is 336 g/mol. The summed E-state index contributed by atoms with van der Waals surface area (Å²) in [7, 11) is 4.75. The lowest BCUT2D eigenvalue weighted by Crippen LogP contribution is -2.28. The Morgan fingerprint density at radius 3 is 2.65 bits per heavy atom. The smallest absolute Gasteiger partial charge is 0.271 e. The predicted octanol–water partition coefficient (Wildman–Crippen LogP) is 1.79. The average Bonchev–Trinajstić information content (AvgIpc) is 3.10. The van der Waals surface area contributed by atoms with Crippen molar-refractivity contribution in [3.8, 4) is 22.8 Å². The van der Waals surface area contributed by atoms with Crippen LogP contribution >= 0.6 is 0 Å². The van der Waals surface area contributed by atoms with E-state index in [9.17, 15) is 4.79 Å².